The van der Waals surface area contributed by atoms with Crippen molar-refractivity contribution in [3.05, 3.63) is 40.6 Å². The van der Waals surface area contributed by atoms with E-state index in [4.69, 9.17) is 5.73 Å². The van der Waals surface area contributed by atoms with Crippen molar-refractivity contribution in [2.45, 2.75) is 4.90 Å². The molecule has 0 bridgehead atoms. The number of anilines is 2. The lowest BCUT2D eigenvalue weighted by molar-refractivity contribution is 0.553. The van der Waals surface area contributed by atoms with Gasteiger partial charge in [-0.3, -0.25) is 4.72 Å². The Labute approximate surface area is 106 Å². The Bertz CT molecular complexity index is 669. The molecular formula is C10H8F2N2O2S2. The monoisotopic (exact) mass is 290 g/mol. The zero-order valence-corrected chi connectivity index (χ0v) is 10.5. The van der Waals surface area contributed by atoms with Crippen LogP contribution in [-0.2, 0) is 10.0 Å². The van der Waals surface area contributed by atoms with Crippen LogP contribution in [0.3, 0.4) is 0 Å². The second-order valence-corrected chi connectivity index (χ2v) is 5.85. The number of hydrogen-bond acceptors (Lipinski definition) is 4. The lowest BCUT2D eigenvalue weighted by Crippen LogP contribution is -2.15. The summed E-state index contributed by atoms with van der Waals surface area (Å²) in [7, 11) is -4.12. The van der Waals surface area contributed by atoms with Gasteiger partial charge in [0, 0.05) is 11.4 Å². The summed E-state index contributed by atoms with van der Waals surface area (Å²) in [6.45, 7) is 0. The van der Waals surface area contributed by atoms with Crippen molar-refractivity contribution < 1.29 is 17.2 Å². The smallest absolute Gasteiger partial charge is 0.264 e. The third-order valence-electron chi connectivity index (χ3n) is 2.11. The van der Waals surface area contributed by atoms with Gasteiger partial charge in [-0.15, -0.1) is 0 Å². The minimum Gasteiger partial charge on any atom is -0.396 e. The molecule has 2 rings (SSSR count). The maximum atomic E-state index is 13.4. The predicted octanol–water partition coefficient (Wildman–Crippen LogP) is 2.41. The highest BCUT2D eigenvalue weighted by atomic mass is 32.2. The van der Waals surface area contributed by atoms with E-state index >= 15 is 0 Å². The molecule has 0 saturated carbocycles. The molecule has 1 aromatic heterocycles. The molecule has 3 N–H and O–H groups in total. The van der Waals surface area contributed by atoms with Crippen LogP contribution in [0.5, 0.6) is 0 Å². The fourth-order valence-electron chi connectivity index (χ4n) is 1.28. The van der Waals surface area contributed by atoms with Crippen molar-refractivity contribution in [2.75, 3.05) is 10.5 Å². The van der Waals surface area contributed by atoms with E-state index in [0.717, 1.165) is 6.07 Å². The van der Waals surface area contributed by atoms with Crippen LogP contribution in [0.4, 0.5) is 20.2 Å². The van der Waals surface area contributed by atoms with Gasteiger partial charge in [-0.1, -0.05) is 0 Å². The van der Waals surface area contributed by atoms with Gasteiger partial charge in [0.05, 0.1) is 11.4 Å². The SMILES string of the molecule is Nc1cc(S(=O)(=O)Nc2ccsc2)c(F)cc1F. The summed E-state index contributed by atoms with van der Waals surface area (Å²) in [6.07, 6.45) is 0. The van der Waals surface area contributed by atoms with Crippen molar-refractivity contribution in [3.8, 4) is 0 Å². The lowest BCUT2D eigenvalue weighted by atomic mass is 10.3. The highest BCUT2D eigenvalue weighted by molar-refractivity contribution is 7.92. The first kappa shape index (κ1) is 12.8. The topological polar surface area (TPSA) is 72.2 Å². The van der Waals surface area contributed by atoms with Crippen LogP contribution in [0.2, 0.25) is 0 Å². The maximum Gasteiger partial charge on any atom is 0.264 e. The van der Waals surface area contributed by atoms with Crippen molar-refractivity contribution in [3.63, 3.8) is 0 Å². The molecule has 0 fully saturated rings. The number of halogens is 2. The van der Waals surface area contributed by atoms with Gasteiger partial charge in [0.2, 0.25) is 0 Å². The second-order valence-electron chi connectivity index (χ2n) is 3.42. The Kier molecular flexibility index (Phi) is 3.22. The van der Waals surface area contributed by atoms with Crippen molar-refractivity contribution in [2.24, 2.45) is 0 Å². The average Bonchev–Trinajstić information content (AvgIpc) is 2.75. The number of hydrogen-bond donors (Lipinski definition) is 2. The molecule has 0 radical (unpaired) electrons. The van der Waals surface area contributed by atoms with Crippen LogP contribution >= 0.6 is 11.3 Å². The summed E-state index contributed by atoms with van der Waals surface area (Å²) in [6, 6.07) is 2.71. The normalized spacial score (nSPS) is 11.4. The fourth-order valence-corrected chi connectivity index (χ4v) is 3.09. The summed E-state index contributed by atoms with van der Waals surface area (Å²) in [5.74, 6) is -2.19. The molecule has 0 aliphatic carbocycles. The molecule has 4 nitrogen and oxygen atoms in total. The third kappa shape index (κ3) is 2.44. The lowest BCUT2D eigenvalue weighted by Gasteiger charge is -2.08. The van der Waals surface area contributed by atoms with E-state index in [1.54, 1.807) is 10.8 Å². The summed E-state index contributed by atoms with van der Waals surface area (Å²) in [4.78, 5) is -0.687. The van der Waals surface area contributed by atoms with E-state index in [-0.39, 0.29) is 0 Å². The van der Waals surface area contributed by atoms with Crippen LogP contribution < -0.4 is 10.5 Å². The predicted molar refractivity (Wildman–Crippen MR) is 65.9 cm³/mol. The largest absolute Gasteiger partial charge is 0.396 e. The van der Waals surface area contributed by atoms with Gasteiger partial charge in [0.25, 0.3) is 10.0 Å². The fraction of sp³-hybridized carbons (Fsp3) is 0. The van der Waals surface area contributed by atoms with Crippen LogP contribution in [0.15, 0.2) is 33.9 Å². The Morgan fingerprint density at radius 3 is 2.56 bits per heavy atom. The molecule has 96 valence electrons. The summed E-state index contributed by atoms with van der Waals surface area (Å²) < 4.78 is 52.3. The number of nitrogen functional groups attached to an aromatic ring is 1. The van der Waals surface area contributed by atoms with E-state index in [9.17, 15) is 17.2 Å². The number of benzene rings is 1. The van der Waals surface area contributed by atoms with Crippen molar-refractivity contribution in [1.82, 2.24) is 0 Å². The van der Waals surface area contributed by atoms with Gasteiger partial charge in [0.1, 0.15) is 16.5 Å². The van der Waals surface area contributed by atoms with E-state index in [1.165, 1.54) is 17.4 Å². The van der Waals surface area contributed by atoms with E-state index < -0.39 is 32.2 Å². The Balaban J connectivity index is 2.44. The van der Waals surface area contributed by atoms with Gasteiger partial charge in [-0.25, -0.2) is 17.2 Å². The quantitative estimate of drug-likeness (QED) is 0.853. The molecular weight excluding hydrogens is 282 g/mol. The number of sulfonamides is 1. The number of nitrogens with two attached hydrogens (primary N) is 1. The third-order valence-corrected chi connectivity index (χ3v) is 4.19. The van der Waals surface area contributed by atoms with Crippen molar-refractivity contribution in [1.29, 1.82) is 0 Å². The Morgan fingerprint density at radius 2 is 1.94 bits per heavy atom. The number of thiophene rings is 1. The van der Waals surface area contributed by atoms with Crippen molar-refractivity contribution >= 4 is 32.7 Å². The average molecular weight is 290 g/mol. The second kappa shape index (κ2) is 4.54. The maximum absolute atomic E-state index is 13.4. The van der Waals surface area contributed by atoms with Crippen LogP contribution in [0.25, 0.3) is 0 Å². The standard InChI is InChI=1S/C10H8F2N2O2S2/c11-7-3-8(12)10(4-9(7)13)18(15,16)14-6-1-2-17-5-6/h1-5,14H,13H2. The zero-order chi connectivity index (χ0) is 13.3. The zero-order valence-electron chi connectivity index (χ0n) is 8.85. The molecule has 0 spiro atoms. The Hall–Kier alpha value is -1.67. The van der Waals surface area contributed by atoms with E-state index in [1.807, 2.05) is 0 Å². The number of rotatable bonds is 3. The molecule has 18 heavy (non-hydrogen) atoms. The molecule has 0 atom stereocenters. The molecule has 8 heteroatoms. The van der Waals surface area contributed by atoms with E-state index in [2.05, 4.69) is 4.72 Å². The summed E-state index contributed by atoms with van der Waals surface area (Å²) in [5.41, 5.74) is 5.11. The molecule has 0 amide bonds. The van der Waals surface area contributed by atoms with Crippen LogP contribution in [0.1, 0.15) is 0 Å². The molecule has 0 unspecified atom stereocenters. The highest BCUT2D eigenvalue weighted by Crippen LogP contribution is 2.24. The molecule has 1 aromatic carbocycles. The minimum absolute atomic E-state index is 0.308. The number of nitrogens with one attached hydrogen (secondary N) is 1. The highest BCUT2D eigenvalue weighted by Gasteiger charge is 2.21. The molecule has 0 aliphatic heterocycles. The first-order valence-electron chi connectivity index (χ1n) is 4.70. The van der Waals surface area contributed by atoms with Crippen LogP contribution in [-0.4, -0.2) is 8.42 Å². The van der Waals surface area contributed by atoms with E-state index in [0.29, 0.717) is 11.8 Å². The van der Waals surface area contributed by atoms with Gasteiger partial charge < -0.3 is 5.73 Å². The van der Waals surface area contributed by atoms with Gasteiger partial charge >= 0.3 is 0 Å². The molecule has 0 aliphatic rings. The molecule has 2 aromatic rings. The minimum atomic E-state index is -4.12. The first-order chi connectivity index (χ1) is 8.40. The van der Waals surface area contributed by atoms with Crippen LogP contribution in [0, 0.1) is 11.6 Å². The van der Waals surface area contributed by atoms with Gasteiger partial charge in [-0.05, 0) is 17.5 Å². The summed E-state index contributed by atoms with van der Waals surface area (Å²) in [5, 5.41) is 3.20. The first-order valence-corrected chi connectivity index (χ1v) is 7.12. The summed E-state index contributed by atoms with van der Waals surface area (Å²) >= 11 is 1.28. The molecule has 0 saturated heterocycles. The molecule has 1 heterocycles. The Morgan fingerprint density at radius 1 is 1.22 bits per heavy atom. The van der Waals surface area contributed by atoms with Gasteiger partial charge in [0.15, 0.2) is 0 Å². The van der Waals surface area contributed by atoms with Gasteiger partial charge in [-0.2, -0.15) is 11.3 Å².